The van der Waals surface area contributed by atoms with Crippen LogP contribution in [-0.2, 0) is 66.4 Å². The molecule has 5 aromatic rings. The Balaban J connectivity index is 1.34. The van der Waals surface area contributed by atoms with E-state index in [4.69, 9.17) is 12.5 Å². The number of benzene rings is 5. The van der Waals surface area contributed by atoms with Crippen molar-refractivity contribution in [1.82, 2.24) is 0 Å². The first-order valence-electron chi connectivity index (χ1n) is 26.3. The van der Waals surface area contributed by atoms with Gasteiger partial charge in [0.25, 0.3) is 0 Å². The number of hydrogen-bond donors (Lipinski definition) is 1. The number of phenols is 1. The lowest BCUT2D eigenvalue weighted by Gasteiger charge is -2.33. The van der Waals surface area contributed by atoms with E-state index in [-0.39, 0.29) is 35.1 Å². The Morgan fingerprint density at radius 2 is 0.804 bits per heavy atom. The van der Waals surface area contributed by atoms with E-state index in [0.717, 1.165) is 60.7 Å². The molecule has 1 N–H and O–H groups in total. The molecule has 0 aromatic heterocycles. The van der Waals surface area contributed by atoms with E-state index in [9.17, 15) is 75.5 Å². The minimum atomic E-state index is -6.13. The zero-order valence-corrected chi connectivity index (χ0v) is 50.6. The highest BCUT2D eigenvalue weighted by Crippen LogP contribution is 2.69. The SMILES string of the molecule is CC(C)(C)c1cc2c(c(OS(=O)(=O)C3=C(N=[N+]=[N-])C(=O)C(=O)c4cccc(N=[N+]=[N-])c43)c1OS(=O)(=O)C1=C(N=[N+]=[N-])C(=O)C(=O)c3cccc(N=[N+]=[N-])c31)C1(CC(C)(C)c3ccc(OS(=O)(=O)C4=C(N=[N+]=[N-])C(=O)C(=O)c5cccc(N=[N+]=[N-])c54)c(O)c31)CC2(C)C. The highest BCUT2D eigenvalue weighted by atomic mass is 32.2. The molecule has 0 fully saturated rings. The maximum atomic E-state index is 16.0. The van der Waals surface area contributed by atoms with Crippen LogP contribution in [0.2, 0.25) is 0 Å². The van der Waals surface area contributed by atoms with Gasteiger partial charge in [-0.3, -0.25) is 28.8 Å². The lowest BCUT2D eigenvalue weighted by Crippen LogP contribution is -2.30. The van der Waals surface area contributed by atoms with Gasteiger partial charge in [-0.25, -0.2) is 0 Å². The first-order chi connectivity index (χ1) is 43.2. The lowest BCUT2D eigenvalue weighted by molar-refractivity contribution is -0.112. The van der Waals surface area contributed by atoms with Gasteiger partial charge < -0.3 is 17.7 Å². The Morgan fingerprint density at radius 3 is 1.16 bits per heavy atom. The van der Waals surface area contributed by atoms with Gasteiger partial charge in [0, 0.05) is 102 Å². The van der Waals surface area contributed by atoms with Crippen molar-refractivity contribution in [2.24, 2.45) is 30.7 Å². The summed E-state index contributed by atoms with van der Waals surface area (Å²) in [6, 6.07) is 13.0. The Hall–Kier alpha value is -11.8. The van der Waals surface area contributed by atoms with Crippen molar-refractivity contribution in [2.45, 2.75) is 83.0 Å². The number of nitrogens with zero attached hydrogens (tertiary/aromatic N) is 18. The second-order valence-corrected chi connectivity index (χ2v) is 27.6. The van der Waals surface area contributed by atoms with E-state index in [1.54, 1.807) is 27.7 Å². The van der Waals surface area contributed by atoms with E-state index in [0.29, 0.717) is 0 Å². The fourth-order valence-corrected chi connectivity index (χ4v) is 16.4. The number of aromatic hydroxyl groups is 1. The number of ketones is 6. The lowest BCUT2D eigenvalue weighted by atomic mass is 9.71. The molecular formula is C55H38N18O16S3. The van der Waals surface area contributed by atoms with Crippen molar-refractivity contribution in [2.75, 3.05) is 0 Å². The summed E-state index contributed by atoms with van der Waals surface area (Å²) in [6.45, 7) is 11.0. The average Bonchev–Trinajstić information content (AvgIpc) is 1.49. The van der Waals surface area contributed by atoms with Crippen molar-refractivity contribution in [3.63, 3.8) is 0 Å². The smallest absolute Gasteiger partial charge is 0.340 e. The molecule has 0 radical (unpaired) electrons. The molecule has 5 aromatic carbocycles. The predicted molar refractivity (Wildman–Crippen MR) is 320 cm³/mol. The normalized spacial score (nSPS) is 17.7. The van der Waals surface area contributed by atoms with Gasteiger partial charge in [0.05, 0.1) is 0 Å². The van der Waals surface area contributed by atoms with E-state index < -0.39 is 198 Å². The molecule has 34 nitrogen and oxygen atoms in total. The van der Waals surface area contributed by atoms with Crippen LogP contribution in [0, 0.1) is 0 Å². The standard InChI is InChI=1S/C55H38N18O16S3/c1-52(2,3)27-19-26-36(55(21-54(26,6)7)20-53(4,5)25-17-18-31(43(77)35(25)55)87-90(81,82)49-32-22(11-8-14-28(32)62-68-56)40(74)44(78)37(49)65-71-59)48(89-92(85,86)51-34-24(13-10-16-30(34)64-70-58)42(76)46(80)39(51)67-73-61)47(27)88-91(83,84)50-33-23(12-9-15-29(33)63-69-57)41(75)45(79)38(50)66-72-60/h8-19,77H,20-21H2,1-7H3. The van der Waals surface area contributed by atoms with Crippen LogP contribution in [-0.4, -0.2) is 65.1 Å². The van der Waals surface area contributed by atoms with Crippen LogP contribution in [0.1, 0.15) is 137 Å². The summed E-state index contributed by atoms with van der Waals surface area (Å²) in [5.41, 5.74) is 40.4. The molecule has 1 spiro atoms. The first kappa shape index (κ1) is 63.3. The molecule has 0 bridgehead atoms. The van der Waals surface area contributed by atoms with E-state index in [1.165, 1.54) is 32.9 Å². The molecule has 10 rings (SSSR count). The summed E-state index contributed by atoms with van der Waals surface area (Å²) in [5.74, 6) is -13.8. The van der Waals surface area contributed by atoms with Crippen LogP contribution < -0.4 is 12.5 Å². The number of carbonyl (C=O) groups is 6. The molecule has 0 saturated carbocycles. The summed E-state index contributed by atoms with van der Waals surface area (Å²) >= 11 is 0. The zero-order chi connectivity index (χ0) is 67.3. The number of Topliss-reactive ketones (excluding diaryl/α,β-unsaturated/α-hetero) is 6. The molecule has 0 heterocycles. The van der Waals surface area contributed by atoms with Crippen molar-refractivity contribution in [3.05, 3.63) is 214 Å². The Labute approximate surface area is 516 Å². The van der Waals surface area contributed by atoms with Gasteiger partial charge in [0.2, 0.25) is 34.7 Å². The first-order valence-corrected chi connectivity index (χ1v) is 30.5. The van der Waals surface area contributed by atoms with E-state index in [2.05, 4.69) is 60.2 Å². The summed E-state index contributed by atoms with van der Waals surface area (Å²) < 4.78 is 112. The van der Waals surface area contributed by atoms with Crippen LogP contribution in [0.3, 0.4) is 0 Å². The van der Waals surface area contributed by atoms with Crippen molar-refractivity contribution >= 4 is 96.8 Å². The van der Waals surface area contributed by atoms with Crippen molar-refractivity contribution < 1.29 is 71.7 Å². The second kappa shape index (κ2) is 21.8. The second-order valence-electron chi connectivity index (χ2n) is 23.1. The monoisotopic (exact) mass is 1300 g/mol. The number of allylic oxidation sites excluding steroid dienone is 3. The summed E-state index contributed by atoms with van der Waals surface area (Å²) in [5, 5.41) is 33.3. The maximum Gasteiger partial charge on any atom is 0.340 e. The molecule has 1 unspecified atom stereocenters. The highest BCUT2D eigenvalue weighted by Gasteiger charge is 2.61. The van der Waals surface area contributed by atoms with Crippen LogP contribution in [0.25, 0.3) is 77.4 Å². The van der Waals surface area contributed by atoms with Crippen molar-refractivity contribution in [1.29, 1.82) is 0 Å². The number of fused-ring (bicyclic) bond motifs is 7. The third-order valence-corrected chi connectivity index (χ3v) is 19.6. The van der Waals surface area contributed by atoms with Gasteiger partial charge in [-0.15, -0.1) is 0 Å². The molecule has 0 aliphatic heterocycles. The minimum Gasteiger partial charge on any atom is -0.504 e. The van der Waals surface area contributed by atoms with Crippen LogP contribution in [0.5, 0.6) is 23.0 Å². The number of hydrogen-bond acceptors (Lipinski definition) is 22. The van der Waals surface area contributed by atoms with Crippen molar-refractivity contribution in [3.8, 4) is 23.0 Å². The number of rotatable bonds is 15. The average molecular weight is 1300 g/mol. The third kappa shape index (κ3) is 9.63. The molecule has 92 heavy (non-hydrogen) atoms. The summed E-state index contributed by atoms with van der Waals surface area (Å²) in [7, 11) is -17.9. The van der Waals surface area contributed by atoms with Gasteiger partial charge in [0.1, 0.15) is 31.8 Å². The van der Waals surface area contributed by atoms with Gasteiger partial charge in [-0.2, -0.15) is 25.3 Å². The number of phenolic OH excluding ortho intramolecular Hbond substituents is 1. The maximum absolute atomic E-state index is 16.0. The van der Waals surface area contributed by atoms with E-state index >= 15 is 16.8 Å². The fraction of sp³-hybridized carbons (Fsp3) is 0.236. The molecule has 1 atom stereocenters. The Kier molecular flexibility index (Phi) is 15.0. The van der Waals surface area contributed by atoms with Gasteiger partial charge in [-0.1, -0.05) is 146 Å². The fourth-order valence-electron chi connectivity index (χ4n) is 12.5. The Bertz CT molecular complexity index is 5240. The molecule has 37 heteroatoms. The largest absolute Gasteiger partial charge is 0.504 e. The van der Waals surface area contributed by atoms with Gasteiger partial charge in [0.15, 0.2) is 23.0 Å². The number of carbonyl (C=O) groups excluding carboxylic acids is 6. The zero-order valence-electron chi connectivity index (χ0n) is 48.2. The molecule has 5 aliphatic rings. The van der Waals surface area contributed by atoms with E-state index in [1.807, 2.05) is 0 Å². The third-order valence-electron chi connectivity index (χ3n) is 15.8. The van der Waals surface area contributed by atoms with Crippen LogP contribution in [0.15, 0.2) is 121 Å². The van der Waals surface area contributed by atoms with Gasteiger partial charge in [-0.05, 0) is 79.5 Å². The molecular weight excluding hydrogens is 1260 g/mol. The number of azide groups is 6. The van der Waals surface area contributed by atoms with Crippen LogP contribution >= 0.6 is 0 Å². The molecule has 462 valence electrons. The highest BCUT2D eigenvalue weighted by molar-refractivity contribution is 7.97. The van der Waals surface area contributed by atoms with Gasteiger partial charge >= 0.3 is 30.4 Å². The quantitative estimate of drug-likeness (QED) is 0.0334. The molecule has 0 saturated heterocycles. The predicted octanol–water partition coefficient (Wildman–Crippen LogP) is 12.6. The summed E-state index contributed by atoms with van der Waals surface area (Å²) in [6.07, 6.45) is -0.597. The van der Waals surface area contributed by atoms with Crippen LogP contribution in [0.4, 0.5) is 17.1 Å². The molecule has 5 aliphatic carbocycles. The topological polar surface area (TPSA) is 545 Å². The molecule has 0 amide bonds. The Morgan fingerprint density at radius 1 is 0.457 bits per heavy atom. The minimum absolute atomic E-state index is 0.0637. The summed E-state index contributed by atoms with van der Waals surface area (Å²) in [4.78, 5) is 94.1.